The van der Waals surface area contributed by atoms with E-state index in [1.807, 2.05) is 13.8 Å². The van der Waals surface area contributed by atoms with Crippen LogP contribution in [-0.4, -0.2) is 35.2 Å². The van der Waals surface area contributed by atoms with Crippen molar-refractivity contribution in [3.05, 3.63) is 0 Å². The summed E-state index contributed by atoms with van der Waals surface area (Å²) in [5, 5.41) is 11.7. The molecule has 5 nitrogen and oxygen atoms in total. The van der Waals surface area contributed by atoms with Crippen molar-refractivity contribution in [2.24, 2.45) is 5.92 Å². The van der Waals surface area contributed by atoms with E-state index in [9.17, 15) is 9.59 Å². The number of nitrogens with one attached hydrogen (secondary N) is 1. The first kappa shape index (κ1) is 15.0. The second-order valence-electron chi connectivity index (χ2n) is 5.25. The van der Waals surface area contributed by atoms with Crippen LogP contribution in [-0.2, 0) is 14.3 Å². The summed E-state index contributed by atoms with van der Waals surface area (Å²) in [4.78, 5) is 22.5. The van der Waals surface area contributed by atoms with Gasteiger partial charge in [0.15, 0.2) is 0 Å². The van der Waals surface area contributed by atoms with E-state index < -0.39 is 12.1 Å². The van der Waals surface area contributed by atoms with Gasteiger partial charge in [0.1, 0.15) is 6.10 Å². The Labute approximate surface area is 108 Å². The maximum atomic E-state index is 11.7. The monoisotopic (exact) mass is 257 g/mol. The van der Waals surface area contributed by atoms with E-state index in [1.54, 1.807) is 6.92 Å². The molecule has 0 bridgehead atoms. The number of carboxylic acids is 1. The lowest BCUT2D eigenvalue weighted by Gasteiger charge is -2.28. The van der Waals surface area contributed by atoms with Gasteiger partial charge in [-0.3, -0.25) is 9.59 Å². The number of ether oxygens (including phenoxy) is 1. The minimum Gasteiger partial charge on any atom is -0.481 e. The van der Waals surface area contributed by atoms with Crippen LogP contribution in [0.5, 0.6) is 0 Å². The largest absolute Gasteiger partial charge is 0.481 e. The van der Waals surface area contributed by atoms with E-state index in [4.69, 9.17) is 9.84 Å². The molecule has 0 radical (unpaired) electrons. The molecule has 1 amide bonds. The summed E-state index contributed by atoms with van der Waals surface area (Å²) >= 11 is 0. The Morgan fingerprint density at radius 3 is 2.17 bits per heavy atom. The number of carbonyl (C=O) groups excluding carboxylic acids is 1. The van der Waals surface area contributed by atoms with Gasteiger partial charge in [-0.05, 0) is 46.5 Å². The molecule has 0 heterocycles. The molecule has 2 N–H and O–H groups in total. The molecule has 1 saturated carbocycles. The van der Waals surface area contributed by atoms with Crippen molar-refractivity contribution in [2.45, 2.75) is 64.7 Å². The molecule has 0 saturated heterocycles. The third kappa shape index (κ3) is 4.64. The van der Waals surface area contributed by atoms with Crippen molar-refractivity contribution >= 4 is 11.9 Å². The molecule has 0 aliphatic heterocycles. The Hall–Kier alpha value is -1.10. The summed E-state index contributed by atoms with van der Waals surface area (Å²) in [6.07, 6.45) is 2.25. The molecular weight excluding hydrogens is 234 g/mol. The van der Waals surface area contributed by atoms with Gasteiger partial charge in [0.25, 0.3) is 0 Å². The first-order valence-electron chi connectivity index (χ1n) is 6.58. The highest BCUT2D eigenvalue weighted by molar-refractivity contribution is 5.80. The number of carbonyl (C=O) groups is 2. The number of hydrogen-bond donors (Lipinski definition) is 2. The van der Waals surface area contributed by atoms with Gasteiger partial charge in [-0.25, -0.2) is 0 Å². The molecule has 1 fully saturated rings. The molecule has 5 heteroatoms. The summed E-state index contributed by atoms with van der Waals surface area (Å²) in [5.41, 5.74) is 0. The minimum absolute atomic E-state index is 0.00788. The highest BCUT2D eigenvalue weighted by atomic mass is 16.5. The molecule has 1 unspecified atom stereocenters. The molecule has 1 aliphatic rings. The van der Waals surface area contributed by atoms with Crippen molar-refractivity contribution in [2.75, 3.05) is 0 Å². The topological polar surface area (TPSA) is 75.6 Å². The molecule has 1 atom stereocenters. The van der Waals surface area contributed by atoms with Gasteiger partial charge in [-0.2, -0.15) is 0 Å². The van der Waals surface area contributed by atoms with Crippen LogP contribution in [0.1, 0.15) is 46.5 Å². The van der Waals surface area contributed by atoms with E-state index in [0.717, 1.165) is 12.8 Å². The lowest BCUT2D eigenvalue weighted by molar-refractivity contribution is -0.146. The molecule has 0 aromatic heterocycles. The SMILES string of the molecule is CC(C)NC(=O)C(C)OC1CCC(C(=O)O)CC1. The van der Waals surface area contributed by atoms with E-state index in [1.165, 1.54) is 0 Å². The Balaban J connectivity index is 2.32. The molecule has 1 aliphatic carbocycles. The highest BCUT2D eigenvalue weighted by Crippen LogP contribution is 2.27. The van der Waals surface area contributed by atoms with E-state index in [-0.39, 0.29) is 24.0 Å². The first-order valence-corrected chi connectivity index (χ1v) is 6.58. The number of amides is 1. The molecule has 0 spiro atoms. The average Bonchev–Trinajstić information content (AvgIpc) is 2.28. The fourth-order valence-corrected chi connectivity index (χ4v) is 2.20. The Morgan fingerprint density at radius 1 is 1.17 bits per heavy atom. The summed E-state index contributed by atoms with van der Waals surface area (Å²) in [6, 6.07) is 0.103. The fourth-order valence-electron chi connectivity index (χ4n) is 2.20. The van der Waals surface area contributed by atoms with Gasteiger partial charge in [-0.1, -0.05) is 0 Å². The van der Waals surface area contributed by atoms with Crippen molar-refractivity contribution in [1.29, 1.82) is 0 Å². The van der Waals surface area contributed by atoms with Crippen LogP contribution in [0.2, 0.25) is 0 Å². The zero-order valence-corrected chi connectivity index (χ0v) is 11.3. The fraction of sp³-hybridized carbons (Fsp3) is 0.846. The lowest BCUT2D eigenvalue weighted by Crippen LogP contribution is -2.41. The normalized spacial score (nSPS) is 25.8. The molecule has 1 rings (SSSR count). The van der Waals surface area contributed by atoms with Crippen molar-refractivity contribution in [1.82, 2.24) is 5.32 Å². The Bertz CT molecular complexity index is 295. The molecular formula is C13H23NO4. The zero-order valence-electron chi connectivity index (χ0n) is 11.3. The van der Waals surface area contributed by atoms with E-state index in [2.05, 4.69) is 5.32 Å². The van der Waals surface area contributed by atoms with Gasteiger partial charge in [0.2, 0.25) is 5.91 Å². The molecule has 18 heavy (non-hydrogen) atoms. The van der Waals surface area contributed by atoms with Crippen LogP contribution in [0.15, 0.2) is 0 Å². The standard InChI is InChI=1S/C13H23NO4/c1-8(2)14-12(15)9(3)18-11-6-4-10(5-7-11)13(16)17/h8-11H,4-7H2,1-3H3,(H,14,15)(H,16,17). The second-order valence-corrected chi connectivity index (χ2v) is 5.25. The molecule has 0 aromatic carbocycles. The number of carboxylic acid groups (broad SMARTS) is 1. The number of aliphatic carboxylic acids is 1. The maximum absolute atomic E-state index is 11.7. The van der Waals surface area contributed by atoms with Gasteiger partial charge >= 0.3 is 5.97 Å². The lowest BCUT2D eigenvalue weighted by atomic mass is 9.87. The minimum atomic E-state index is -0.723. The second kappa shape index (κ2) is 6.73. The van der Waals surface area contributed by atoms with Crippen molar-refractivity contribution < 1.29 is 19.4 Å². The van der Waals surface area contributed by atoms with E-state index >= 15 is 0 Å². The predicted molar refractivity (Wildman–Crippen MR) is 67.2 cm³/mol. The van der Waals surface area contributed by atoms with Crippen LogP contribution in [0.25, 0.3) is 0 Å². The summed E-state index contributed by atoms with van der Waals surface area (Å²) in [5.74, 6) is -1.07. The van der Waals surface area contributed by atoms with Gasteiger partial charge in [0.05, 0.1) is 12.0 Å². The number of rotatable bonds is 5. The Morgan fingerprint density at radius 2 is 1.72 bits per heavy atom. The van der Waals surface area contributed by atoms with Gasteiger partial charge in [-0.15, -0.1) is 0 Å². The summed E-state index contributed by atoms with van der Waals surface area (Å²) in [6.45, 7) is 5.55. The van der Waals surface area contributed by atoms with Crippen LogP contribution in [0.3, 0.4) is 0 Å². The quantitative estimate of drug-likeness (QED) is 0.783. The maximum Gasteiger partial charge on any atom is 0.306 e. The van der Waals surface area contributed by atoms with Crippen LogP contribution in [0, 0.1) is 5.92 Å². The van der Waals surface area contributed by atoms with Crippen molar-refractivity contribution in [3.63, 3.8) is 0 Å². The summed E-state index contributed by atoms with van der Waals surface area (Å²) < 4.78 is 5.68. The number of hydrogen-bond acceptors (Lipinski definition) is 3. The van der Waals surface area contributed by atoms with Crippen LogP contribution >= 0.6 is 0 Å². The average molecular weight is 257 g/mol. The smallest absolute Gasteiger partial charge is 0.306 e. The van der Waals surface area contributed by atoms with Crippen molar-refractivity contribution in [3.8, 4) is 0 Å². The van der Waals surface area contributed by atoms with Gasteiger partial charge in [0, 0.05) is 6.04 Å². The Kier molecular flexibility index (Phi) is 5.59. The van der Waals surface area contributed by atoms with E-state index in [0.29, 0.717) is 12.8 Å². The highest BCUT2D eigenvalue weighted by Gasteiger charge is 2.28. The van der Waals surface area contributed by atoms with Crippen LogP contribution < -0.4 is 5.32 Å². The first-order chi connectivity index (χ1) is 8.40. The third-order valence-corrected chi connectivity index (χ3v) is 3.22. The zero-order chi connectivity index (χ0) is 13.7. The molecule has 104 valence electrons. The third-order valence-electron chi connectivity index (χ3n) is 3.22. The van der Waals surface area contributed by atoms with Crippen LogP contribution in [0.4, 0.5) is 0 Å². The summed E-state index contributed by atoms with van der Waals surface area (Å²) in [7, 11) is 0. The molecule has 0 aromatic rings. The predicted octanol–water partition coefficient (Wildman–Crippen LogP) is 1.56. The van der Waals surface area contributed by atoms with Gasteiger partial charge < -0.3 is 15.2 Å².